The van der Waals surface area contributed by atoms with Crippen LogP contribution in [0.3, 0.4) is 0 Å². The van der Waals surface area contributed by atoms with Crippen molar-refractivity contribution in [3.63, 3.8) is 0 Å². The standard InChI is InChI=1S/C30H28N4O4/c1-33-13-15-34(16-14-33)24-9-7-23(8-10-24)31-19-27-26-18-22(6-11-25(26)29(37)32-30(27)38)21-4-2-3-20(17-21)5-12-28(35)36/h2-12,17-19,31H,13-16H2,1H3,(H,35,36)(H,32,37,38). The molecule has 38 heavy (non-hydrogen) atoms. The maximum atomic E-state index is 12.8. The molecule has 192 valence electrons. The minimum absolute atomic E-state index is 0.353. The summed E-state index contributed by atoms with van der Waals surface area (Å²) in [7, 11) is 2.13. The van der Waals surface area contributed by atoms with Gasteiger partial charge in [-0.05, 0) is 72.3 Å². The van der Waals surface area contributed by atoms with Crippen molar-refractivity contribution in [3.8, 4) is 11.1 Å². The molecule has 0 spiro atoms. The van der Waals surface area contributed by atoms with Crippen molar-refractivity contribution in [2.75, 3.05) is 43.4 Å². The van der Waals surface area contributed by atoms with Crippen LogP contribution >= 0.6 is 0 Å². The Hall–Kier alpha value is -4.69. The summed E-state index contributed by atoms with van der Waals surface area (Å²) in [5, 5.41) is 14.5. The van der Waals surface area contributed by atoms with E-state index >= 15 is 0 Å². The number of benzene rings is 3. The van der Waals surface area contributed by atoms with Crippen molar-refractivity contribution >= 4 is 40.8 Å². The van der Waals surface area contributed by atoms with Crippen molar-refractivity contribution in [3.05, 3.63) is 95.7 Å². The van der Waals surface area contributed by atoms with Crippen LogP contribution in [-0.4, -0.2) is 61.0 Å². The zero-order valence-corrected chi connectivity index (χ0v) is 21.0. The molecular weight excluding hydrogens is 480 g/mol. The number of hydrogen-bond acceptors (Lipinski definition) is 6. The van der Waals surface area contributed by atoms with Crippen molar-refractivity contribution in [1.29, 1.82) is 0 Å². The molecule has 2 amide bonds. The second-order valence-corrected chi connectivity index (χ2v) is 9.38. The minimum atomic E-state index is -1.02. The second kappa shape index (κ2) is 10.7. The summed E-state index contributed by atoms with van der Waals surface area (Å²) in [4.78, 5) is 40.9. The first-order chi connectivity index (χ1) is 18.4. The number of imide groups is 1. The van der Waals surface area contributed by atoms with E-state index in [-0.39, 0.29) is 0 Å². The predicted octanol–water partition coefficient (Wildman–Crippen LogP) is 3.93. The molecule has 8 nitrogen and oxygen atoms in total. The number of carbonyl (C=O) groups excluding carboxylic acids is 2. The SMILES string of the molecule is CN1CCN(c2ccc(NC=C3C(=O)NC(=O)c4ccc(-c5cccc(C=CC(=O)O)c5)cc43)cc2)CC1. The van der Waals surface area contributed by atoms with Crippen molar-refractivity contribution in [1.82, 2.24) is 10.2 Å². The first-order valence-corrected chi connectivity index (χ1v) is 12.4. The van der Waals surface area contributed by atoms with E-state index in [4.69, 9.17) is 5.11 Å². The molecular formula is C30H28N4O4. The van der Waals surface area contributed by atoms with Crippen molar-refractivity contribution in [2.24, 2.45) is 0 Å². The number of hydrogen-bond donors (Lipinski definition) is 3. The number of fused-ring (bicyclic) bond motifs is 1. The van der Waals surface area contributed by atoms with Gasteiger partial charge in [0.05, 0.1) is 5.57 Å². The Morgan fingerprint density at radius 3 is 2.37 bits per heavy atom. The molecule has 2 heterocycles. The number of nitrogens with one attached hydrogen (secondary N) is 2. The third-order valence-corrected chi connectivity index (χ3v) is 6.78. The van der Waals surface area contributed by atoms with Gasteiger partial charge >= 0.3 is 5.97 Å². The van der Waals surface area contributed by atoms with Crippen LogP contribution in [0.2, 0.25) is 0 Å². The number of anilines is 2. The number of carboxylic acid groups (broad SMARTS) is 1. The largest absolute Gasteiger partial charge is 0.478 e. The molecule has 0 unspecified atom stereocenters. The van der Waals surface area contributed by atoms with E-state index in [1.54, 1.807) is 12.3 Å². The molecule has 0 atom stereocenters. The Morgan fingerprint density at radius 2 is 1.63 bits per heavy atom. The second-order valence-electron chi connectivity index (χ2n) is 9.38. The van der Waals surface area contributed by atoms with Gasteiger partial charge in [-0.1, -0.05) is 24.3 Å². The average Bonchev–Trinajstić information content (AvgIpc) is 2.92. The number of likely N-dealkylation sites (N-methyl/N-ethyl adjacent to an activating group) is 1. The van der Waals surface area contributed by atoms with Gasteiger partial charge in [0, 0.05) is 61.0 Å². The van der Waals surface area contributed by atoms with E-state index in [1.165, 1.54) is 6.08 Å². The van der Waals surface area contributed by atoms with Crippen LogP contribution in [0, 0.1) is 0 Å². The normalized spacial score (nSPS) is 17.0. The van der Waals surface area contributed by atoms with Gasteiger partial charge in [-0.3, -0.25) is 14.9 Å². The highest BCUT2D eigenvalue weighted by atomic mass is 16.4. The van der Waals surface area contributed by atoms with E-state index in [2.05, 4.69) is 39.6 Å². The van der Waals surface area contributed by atoms with Gasteiger partial charge in [0.1, 0.15) is 0 Å². The molecule has 0 radical (unpaired) electrons. The Bertz CT molecular complexity index is 1450. The molecule has 0 saturated carbocycles. The number of carboxylic acids is 1. The highest BCUT2D eigenvalue weighted by Crippen LogP contribution is 2.30. The van der Waals surface area contributed by atoms with E-state index in [0.29, 0.717) is 16.7 Å². The van der Waals surface area contributed by atoms with Gasteiger partial charge in [0.25, 0.3) is 11.8 Å². The number of amides is 2. The van der Waals surface area contributed by atoms with E-state index in [1.807, 2.05) is 48.5 Å². The summed E-state index contributed by atoms with van der Waals surface area (Å²) in [6.07, 6.45) is 4.23. The van der Waals surface area contributed by atoms with E-state index in [9.17, 15) is 14.4 Å². The lowest BCUT2D eigenvalue weighted by Crippen LogP contribution is -2.44. The van der Waals surface area contributed by atoms with Gasteiger partial charge in [0.15, 0.2) is 0 Å². The van der Waals surface area contributed by atoms with Crippen LogP contribution in [0.4, 0.5) is 11.4 Å². The lowest BCUT2D eigenvalue weighted by molar-refractivity contribution is -0.131. The lowest BCUT2D eigenvalue weighted by Gasteiger charge is -2.34. The Morgan fingerprint density at radius 1 is 0.895 bits per heavy atom. The molecule has 0 bridgehead atoms. The van der Waals surface area contributed by atoms with Gasteiger partial charge in [-0.15, -0.1) is 0 Å². The van der Waals surface area contributed by atoms with Crippen LogP contribution in [-0.2, 0) is 9.59 Å². The maximum absolute atomic E-state index is 12.8. The third-order valence-electron chi connectivity index (χ3n) is 6.78. The van der Waals surface area contributed by atoms with Gasteiger partial charge in [-0.2, -0.15) is 0 Å². The van der Waals surface area contributed by atoms with E-state index in [0.717, 1.165) is 60.3 Å². The number of piperazine rings is 1. The van der Waals surface area contributed by atoms with E-state index < -0.39 is 17.8 Å². The average molecular weight is 509 g/mol. The summed E-state index contributed by atoms with van der Waals surface area (Å²) >= 11 is 0. The summed E-state index contributed by atoms with van der Waals surface area (Å²) in [6, 6.07) is 20.8. The summed E-state index contributed by atoms with van der Waals surface area (Å²) < 4.78 is 0. The highest BCUT2D eigenvalue weighted by molar-refractivity contribution is 6.31. The van der Waals surface area contributed by atoms with Gasteiger partial charge in [0.2, 0.25) is 0 Å². The lowest BCUT2D eigenvalue weighted by atomic mass is 9.91. The Kier molecular flexibility index (Phi) is 7.06. The van der Waals surface area contributed by atoms with Crippen LogP contribution in [0.5, 0.6) is 0 Å². The molecule has 2 aliphatic heterocycles. The first-order valence-electron chi connectivity index (χ1n) is 12.4. The summed E-state index contributed by atoms with van der Waals surface area (Å²) in [6.45, 7) is 4.04. The summed E-state index contributed by atoms with van der Waals surface area (Å²) in [5.41, 5.74) is 5.66. The molecule has 3 N–H and O–H groups in total. The monoisotopic (exact) mass is 508 g/mol. The highest BCUT2D eigenvalue weighted by Gasteiger charge is 2.27. The van der Waals surface area contributed by atoms with Crippen LogP contribution in [0.15, 0.2) is 79.0 Å². The first kappa shape index (κ1) is 25.0. The van der Waals surface area contributed by atoms with Gasteiger partial charge < -0.3 is 20.2 Å². The van der Waals surface area contributed by atoms with Gasteiger partial charge in [-0.25, -0.2) is 4.79 Å². The molecule has 5 rings (SSSR count). The fraction of sp³-hybridized carbons (Fsp3) is 0.167. The van der Waals surface area contributed by atoms with Crippen LogP contribution < -0.4 is 15.5 Å². The van der Waals surface area contributed by atoms with Crippen LogP contribution in [0.25, 0.3) is 22.8 Å². The fourth-order valence-corrected chi connectivity index (χ4v) is 4.63. The number of carbonyl (C=O) groups is 3. The number of nitrogens with zero attached hydrogens (tertiary/aromatic N) is 2. The fourth-order valence-electron chi connectivity index (χ4n) is 4.63. The zero-order chi connectivity index (χ0) is 26.6. The van der Waals surface area contributed by atoms with Crippen molar-refractivity contribution in [2.45, 2.75) is 0 Å². The Labute approximate surface area is 220 Å². The molecule has 3 aromatic carbocycles. The molecule has 0 aromatic heterocycles. The molecule has 0 aliphatic carbocycles. The van der Waals surface area contributed by atoms with Crippen molar-refractivity contribution < 1.29 is 19.5 Å². The third kappa shape index (κ3) is 5.50. The molecule has 3 aromatic rings. The predicted molar refractivity (Wildman–Crippen MR) is 149 cm³/mol. The van der Waals surface area contributed by atoms with Crippen LogP contribution in [0.1, 0.15) is 21.5 Å². The number of rotatable bonds is 6. The summed E-state index contributed by atoms with van der Waals surface area (Å²) in [5.74, 6) is -1.94. The zero-order valence-electron chi connectivity index (χ0n) is 21.0. The molecule has 1 saturated heterocycles. The smallest absolute Gasteiger partial charge is 0.328 e. The Balaban J connectivity index is 1.40. The molecule has 8 heteroatoms. The maximum Gasteiger partial charge on any atom is 0.328 e. The number of aliphatic carboxylic acids is 1. The quantitative estimate of drug-likeness (QED) is 0.343. The minimum Gasteiger partial charge on any atom is -0.478 e. The molecule has 1 fully saturated rings. The topological polar surface area (TPSA) is 102 Å². The molecule has 2 aliphatic rings.